The van der Waals surface area contributed by atoms with Gasteiger partial charge in [-0.1, -0.05) is 97.1 Å². The number of carbonyl (C=O) groups is 6. The van der Waals surface area contributed by atoms with E-state index in [1.807, 2.05) is 72.8 Å². The van der Waals surface area contributed by atoms with E-state index < -0.39 is 47.5 Å². The molecule has 0 radical (unpaired) electrons. The summed E-state index contributed by atoms with van der Waals surface area (Å²) < 4.78 is 14.0. The molecule has 5 N–H and O–H groups in total. The lowest BCUT2D eigenvalue weighted by molar-refractivity contribution is -0.155. The minimum atomic E-state index is -1.05. The number of carboxylic acids is 2. The minimum Gasteiger partial charge on any atom is -0.481 e. The lowest BCUT2D eigenvalue weighted by Crippen LogP contribution is -2.41. The van der Waals surface area contributed by atoms with Crippen LogP contribution in [0.3, 0.4) is 0 Å². The molecule has 1 amide bonds. The van der Waals surface area contributed by atoms with Crippen LogP contribution in [0.15, 0.2) is 97.1 Å². The molecule has 13 heteroatoms. The quantitative estimate of drug-likeness (QED) is 0.0857. The van der Waals surface area contributed by atoms with Gasteiger partial charge in [0, 0.05) is 25.0 Å². The molecule has 0 heterocycles. The summed E-state index contributed by atoms with van der Waals surface area (Å²) in [5.41, 5.74) is 7.00. The van der Waals surface area contributed by atoms with Crippen LogP contribution in [0.4, 0.5) is 0 Å². The zero-order chi connectivity index (χ0) is 38.7. The van der Waals surface area contributed by atoms with Crippen molar-refractivity contribution in [3.63, 3.8) is 0 Å². The molecule has 0 aromatic heterocycles. The van der Waals surface area contributed by atoms with E-state index in [1.54, 1.807) is 32.9 Å². The van der Waals surface area contributed by atoms with E-state index in [0.717, 1.165) is 17.2 Å². The molecule has 2 aromatic rings. The van der Waals surface area contributed by atoms with Gasteiger partial charge in [0.15, 0.2) is 0 Å². The first-order valence-electron chi connectivity index (χ1n) is 15.8. The van der Waals surface area contributed by atoms with Gasteiger partial charge < -0.3 is 35.5 Å². The van der Waals surface area contributed by atoms with Crippen LogP contribution in [0.5, 0.6) is 0 Å². The number of benzene rings is 2. The molecule has 0 spiro atoms. The van der Waals surface area contributed by atoms with Crippen molar-refractivity contribution < 1.29 is 53.2 Å². The SMILES string of the molecule is COC(=O)C(CCC(=O)O)NC(=O)/C=C/C=C/c1ccccc1.COC(=O)C(N)CCC(=O)OC(C)(C)C.O=C(O)/C=C/C=C/c1ccccc1. The van der Waals surface area contributed by atoms with E-state index in [4.69, 9.17) is 20.7 Å². The number of nitrogens with two attached hydrogens (primary N) is 1. The second-order valence-corrected chi connectivity index (χ2v) is 11.4. The highest BCUT2D eigenvalue weighted by Gasteiger charge is 2.21. The summed E-state index contributed by atoms with van der Waals surface area (Å²) in [6.07, 6.45) is 12.5. The summed E-state index contributed by atoms with van der Waals surface area (Å²) in [5, 5.41) is 19.4. The molecule has 276 valence electrons. The molecule has 2 aromatic carbocycles. The number of rotatable bonds is 15. The average molecular weight is 709 g/mol. The zero-order valence-corrected chi connectivity index (χ0v) is 29.5. The predicted molar refractivity (Wildman–Crippen MR) is 193 cm³/mol. The number of carboxylic acid groups (broad SMARTS) is 2. The Hall–Kier alpha value is -5.82. The molecule has 0 aliphatic rings. The number of methoxy groups -OCH3 is 2. The summed E-state index contributed by atoms with van der Waals surface area (Å²) in [7, 11) is 2.44. The van der Waals surface area contributed by atoms with Crippen LogP contribution in [0.25, 0.3) is 12.2 Å². The smallest absolute Gasteiger partial charge is 0.328 e. The highest BCUT2D eigenvalue weighted by Crippen LogP contribution is 2.10. The van der Waals surface area contributed by atoms with Crippen LogP contribution in [0.1, 0.15) is 57.6 Å². The lowest BCUT2D eigenvalue weighted by Gasteiger charge is -2.19. The average Bonchev–Trinajstić information content (AvgIpc) is 3.09. The van der Waals surface area contributed by atoms with Crippen LogP contribution in [-0.4, -0.2) is 77.9 Å². The maximum atomic E-state index is 11.7. The van der Waals surface area contributed by atoms with Gasteiger partial charge in [-0.3, -0.25) is 19.2 Å². The van der Waals surface area contributed by atoms with E-state index in [1.165, 1.54) is 32.4 Å². The molecule has 0 aliphatic carbocycles. The Morgan fingerprint density at radius 1 is 0.725 bits per heavy atom. The van der Waals surface area contributed by atoms with Crippen molar-refractivity contribution in [2.75, 3.05) is 14.2 Å². The van der Waals surface area contributed by atoms with Gasteiger partial charge in [0.1, 0.15) is 17.7 Å². The third kappa shape index (κ3) is 25.8. The Labute approximate surface area is 298 Å². The first-order valence-corrected chi connectivity index (χ1v) is 15.8. The summed E-state index contributed by atoms with van der Waals surface area (Å²) in [5.74, 6) is -4.02. The van der Waals surface area contributed by atoms with Gasteiger partial charge in [0.2, 0.25) is 5.91 Å². The van der Waals surface area contributed by atoms with E-state index in [9.17, 15) is 28.8 Å². The number of esters is 3. The molecule has 0 fully saturated rings. The van der Waals surface area contributed by atoms with E-state index in [0.29, 0.717) is 0 Å². The molecule has 0 saturated heterocycles. The molecule has 13 nitrogen and oxygen atoms in total. The number of hydrogen-bond donors (Lipinski definition) is 4. The van der Waals surface area contributed by atoms with Crippen LogP contribution in [0.2, 0.25) is 0 Å². The number of allylic oxidation sites excluding steroid dienone is 4. The van der Waals surface area contributed by atoms with Crippen molar-refractivity contribution in [3.8, 4) is 0 Å². The van der Waals surface area contributed by atoms with Crippen molar-refractivity contribution in [2.24, 2.45) is 5.73 Å². The van der Waals surface area contributed by atoms with Gasteiger partial charge in [-0.25, -0.2) is 9.59 Å². The maximum Gasteiger partial charge on any atom is 0.328 e. The number of hydrogen-bond acceptors (Lipinski definition) is 10. The minimum absolute atomic E-state index is 0.0263. The molecular weight excluding hydrogens is 660 g/mol. The normalized spacial score (nSPS) is 12.2. The van der Waals surface area contributed by atoms with Gasteiger partial charge in [0.05, 0.1) is 14.2 Å². The zero-order valence-electron chi connectivity index (χ0n) is 29.5. The van der Waals surface area contributed by atoms with Gasteiger partial charge in [-0.2, -0.15) is 0 Å². The summed E-state index contributed by atoms with van der Waals surface area (Å²) in [6.45, 7) is 5.35. The van der Waals surface area contributed by atoms with Crippen LogP contribution < -0.4 is 11.1 Å². The Morgan fingerprint density at radius 3 is 1.65 bits per heavy atom. The van der Waals surface area contributed by atoms with Crippen LogP contribution >= 0.6 is 0 Å². The number of nitrogens with one attached hydrogen (secondary N) is 1. The second-order valence-electron chi connectivity index (χ2n) is 11.4. The van der Waals surface area contributed by atoms with Crippen molar-refractivity contribution in [3.05, 3.63) is 108 Å². The molecule has 2 unspecified atom stereocenters. The third-order valence-electron chi connectivity index (χ3n) is 5.92. The maximum absolute atomic E-state index is 11.7. The molecule has 2 atom stereocenters. The van der Waals surface area contributed by atoms with Gasteiger partial charge in [-0.05, 0) is 44.7 Å². The highest BCUT2D eigenvalue weighted by atomic mass is 16.6. The van der Waals surface area contributed by atoms with Crippen molar-refractivity contribution in [1.82, 2.24) is 5.32 Å². The number of ether oxygens (including phenoxy) is 3. The monoisotopic (exact) mass is 708 g/mol. The van der Waals surface area contributed by atoms with Gasteiger partial charge in [-0.15, -0.1) is 0 Å². The van der Waals surface area contributed by atoms with E-state index in [-0.39, 0.29) is 31.7 Å². The molecule has 0 bridgehead atoms. The fourth-order valence-electron chi connectivity index (χ4n) is 3.56. The van der Waals surface area contributed by atoms with E-state index in [2.05, 4.69) is 14.8 Å². The number of carbonyl (C=O) groups excluding carboxylic acids is 4. The summed E-state index contributed by atoms with van der Waals surface area (Å²) in [6, 6.07) is 17.5. The first kappa shape index (κ1) is 45.2. The van der Waals surface area contributed by atoms with Crippen molar-refractivity contribution >= 4 is 47.9 Å². The molecule has 0 saturated carbocycles. The third-order valence-corrected chi connectivity index (χ3v) is 5.92. The molecule has 2 rings (SSSR count). The first-order chi connectivity index (χ1) is 24.1. The van der Waals surface area contributed by atoms with Gasteiger partial charge in [0.25, 0.3) is 0 Å². The Kier molecular flexibility index (Phi) is 23.1. The molecule has 0 aliphatic heterocycles. The topological polar surface area (TPSA) is 209 Å². The Bertz CT molecular complexity index is 1490. The molecular formula is C38H48N2O11. The van der Waals surface area contributed by atoms with Crippen molar-refractivity contribution in [1.29, 1.82) is 0 Å². The van der Waals surface area contributed by atoms with Crippen LogP contribution in [0, 0.1) is 0 Å². The van der Waals surface area contributed by atoms with Gasteiger partial charge >= 0.3 is 29.8 Å². The standard InChI is InChI=1S/C17H19NO5.C11H10O2.C10H19NO4/c1-23-17(22)14(11-12-16(20)21)18-15(19)10-6-5-9-13-7-3-2-4-8-13;12-11(13)9-5-4-8-10-6-2-1-3-7-10;1-10(2,3)15-8(12)6-5-7(11)9(13)14-4/h2-10,14H,11-12H2,1H3,(H,18,19)(H,20,21);1-9H,(H,12,13);7H,5-6,11H2,1-4H3/b9-5+,10-6+;8-4+,9-5+;. The predicted octanol–water partition coefficient (Wildman–Crippen LogP) is 4.73. The fourth-order valence-corrected chi connectivity index (χ4v) is 3.56. The summed E-state index contributed by atoms with van der Waals surface area (Å²) in [4.78, 5) is 66.1. The lowest BCUT2D eigenvalue weighted by atomic mass is 10.1. The number of aliphatic carboxylic acids is 2. The molecule has 51 heavy (non-hydrogen) atoms. The Balaban J connectivity index is 0.000000776. The largest absolute Gasteiger partial charge is 0.481 e. The fraction of sp³-hybridized carbons (Fsp3) is 0.316. The number of amides is 1. The van der Waals surface area contributed by atoms with Crippen molar-refractivity contribution in [2.45, 2.75) is 64.1 Å². The second kappa shape index (κ2) is 26.1. The summed E-state index contributed by atoms with van der Waals surface area (Å²) >= 11 is 0. The highest BCUT2D eigenvalue weighted by molar-refractivity contribution is 5.92. The van der Waals surface area contributed by atoms with Crippen LogP contribution in [-0.2, 0) is 43.0 Å². The Morgan fingerprint density at radius 2 is 1.22 bits per heavy atom. The van der Waals surface area contributed by atoms with E-state index >= 15 is 0 Å².